The average Bonchev–Trinajstić information content (AvgIpc) is 3.18. The highest BCUT2D eigenvalue weighted by atomic mass is 17.2. The number of aryl methyl sites for hydroxylation is 2. The molecule has 0 saturated heterocycles. The van der Waals surface area contributed by atoms with E-state index >= 15 is 0 Å². The van der Waals surface area contributed by atoms with Crippen LogP contribution >= 0.6 is 0 Å². The van der Waals surface area contributed by atoms with E-state index in [-0.39, 0.29) is 0 Å². The maximum atomic E-state index is 12.0. The summed E-state index contributed by atoms with van der Waals surface area (Å²) in [5.41, 5.74) is 3.73. The molecule has 0 heterocycles. The maximum absolute atomic E-state index is 12.0. The largest absolute Gasteiger partial charge is 0.493 e. The number of carboxylic acids is 1. The number of hydrogen-bond acceptors (Lipinski definition) is 11. The molecule has 0 radical (unpaired) electrons. The van der Waals surface area contributed by atoms with E-state index in [1.807, 2.05) is 12.1 Å². The van der Waals surface area contributed by atoms with Crippen LogP contribution in [0, 0.1) is 0 Å². The minimum absolute atomic E-state index is 0.369. The smallest absolute Gasteiger partial charge is 0.335 e. The van der Waals surface area contributed by atoms with Crippen molar-refractivity contribution in [3.8, 4) is 23.0 Å². The van der Waals surface area contributed by atoms with Crippen molar-refractivity contribution in [1.29, 1.82) is 0 Å². The molecule has 0 spiro atoms. The van der Waals surface area contributed by atoms with Gasteiger partial charge in [-0.1, -0.05) is 49.9 Å². The number of hydrogen-bond donors (Lipinski definition) is 1. The van der Waals surface area contributed by atoms with Crippen LogP contribution in [-0.4, -0.2) is 64.7 Å². The Morgan fingerprint density at radius 1 is 0.566 bits per heavy atom. The number of carbonyl (C=O) groups is 3. The van der Waals surface area contributed by atoms with Crippen molar-refractivity contribution in [2.24, 2.45) is 0 Å². The minimum atomic E-state index is -0.906. The first kappa shape index (κ1) is 42.1. The highest BCUT2D eigenvalue weighted by Crippen LogP contribution is 2.30. The van der Waals surface area contributed by atoms with Gasteiger partial charge < -0.3 is 33.8 Å². The molecule has 0 aromatic heterocycles. The number of unbranched alkanes of at least 4 members (excludes halogenated alkanes) is 6. The van der Waals surface area contributed by atoms with Crippen molar-refractivity contribution >= 4 is 30.1 Å². The molecular formula is C41H50O12. The van der Waals surface area contributed by atoms with Gasteiger partial charge in [0, 0.05) is 12.2 Å². The summed E-state index contributed by atoms with van der Waals surface area (Å²) in [6.07, 6.45) is 14.5. The summed E-state index contributed by atoms with van der Waals surface area (Å²) in [4.78, 5) is 56.2. The summed E-state index contributed by atoms with van der Waals surface area (Å²) >= 11 is 0. The van der Waals surface area contributed by atoms with Crippen molar-refractivity contribution in [2.45, 2.75) is 64.2 Å². The minimum Gasteiger partial charge on any atom is -0.493 e. The predicted octanol–water partition coefficient (Wildman–Crippen LogP) is 8.00. The molecule has 0 aliphatic heterocycles. The zero-order chi connectivity index (χ0) is 38.3. The van der Waals surface area contributed by atoms with Gasteiger partial charge >= 0.3 is 17.9 Å². The van der Waals surface area contributed by atoms with Gasteiger partial charge in [-0.25, -0.2) is 14.4 Å². The Morgan fingerprint density at radius 2 is 1.06 bits per heavy atom. The predicted molar refractivity (Wildman–Crippen MR) is 199 cm³/mol. The van der Waals surface area contributed by atoms with E-state index in [0.717, 1.165) is 80.0 Å². The van der Waals surface area contributed by atoms with Gasteiger partial charge in [-0.3, -0.25) is 0 Å². The first-order valence-electron chi connectivity index (χ1n) is 17.6. The van der Waals surface area contributed by atoms with E-state index < -0.39 is 17.9 Å². The average molecular weight is 735 g/mol. The second kappa shape index (κ2) is 24.0. The fraction of sp³-hybridized carbons (Fsp3) is 0.390. The van der Waals surface area contributed by atoms with E-state index in [0.29, 0.717) is 48.2 Å². The van der Waals surface area contributed by atoms with Gasteiger partial charge in [0.2, 0.25) is 11.5 Å². The molecule has 53 heavy (non-hydrogen) atoms. The van der Waals surface area contributed by atoms with Crippen LogP contribution in [0.5, 0.6) is 23.0 Å². The van der Waals surface area contributed by atoms with Crippen molar-refractivity contribution in [3.63, 3.8) is 0 Å². The summed E-state index contributed by atoms with van der Waals surface area (Å²) in [6.45, 7) is 0.808. The lowest BCUT2D eigenvalue weighted by molar-refractivity contribution is -0.208. The zero-order valence-electron chi connectivity index (χ0n) is 30.9. The number of carboxylic acid groups (broad SMARTS) is 1. The number of benzene rings is 3. The van der Waals surface area contributed by atoms with Gasteiger partial charge in [-0.2, -0.15) is 9.78 Å². The third-order valence-corrected chi connectivity index (χ3v) is 8.17. The Kier molecular flexibility index (Phi) is 19.1. The van der Waals surface area contributed by atoms with Crippen LogP contribution in [0.3, 0.4) is 0 Å². The van der Waals surface area contributed by atoms with Crippen LogP contribution in [0.15, 0.2) is 66.7 Å². The summed E-state index contributed by atoms with van der Waals surface area (Å²) in [7, 11) is 5.69. The Balaban J connectivity index is 1.29. The van der Waals surface area contributed by atoms with E-state index in [1.165, 1.54) is 40.6 Å². The van der Waals surface area contributed by atoms with E-state index in [9.17, 15) is 19.5 Å². The summed E-state index contributed by atoms with van der Waals surface area (Å²) < 4.78 is 19.9. The van der Waals surface area contributed by atoms with E-state index in [1.54, 1.807) is 54.6 Å². The van der Waals surface area contributed by atoms with Crippen molar-refractivity contribution in [3.05, 3.63) is 94.6 Å². The first-order valence-corrected chi connectivity index (χ1v) is 17.6. The number of ether oxygens (including phenoxy) is 4. The van der Waals surface area contributed by atoms with Crippen molar-refractivity contribution in [1.82, 2.24) is 0 Å². The molecule has 3 rings (SSSR count). The molecule has 0 saturated carbocycles. The molecule has 286 valence electrons. The standard InChI is InChI=1S/C41H50O12/c1-46-37-28-31(18-23-39(42)48-3)16-21-35(37)52-50-25-11-7-5-9-13-30-15-20-33(34(27-30)41(44)45)14-10-6-8-12-26-51-53-36-22-17-32(29-38(36)47-2)19-24-40(43)49-4/h15-24,27-29H,5-14,25-26H2,1-4H3,(H,44,45)/b23-18+,24-19+. The van der Waals surface area contributed by atoms with Gasteiger partial charge in [0.15, 0.2) is 11.5 Å². The van der Waals surface area contributed by atoms with Crippen molar-refractivity contribution < 1.29 is 58.0 Å². The molecule has 0 aliphatic carbocycles. The van der Waals surface area contributed by atoms with Gasteiger partial charge in [-0.05, 0) is 103 Å². The Labute approximate surface area is 311 Å². The molecule has 1 N–H and O–H groups in total. The lowest BCUT2D eigenvalue weighted by atomic mass is 9.96. The van der Waals surface area contributed by atoms with E-state index in [2.05, 4.69) is 9.47 Å². The quantitative estimate of drug-likeness (QED) is 0.0296. The van der Waals surface area contributed by atoms with Crippen LogP contribution in [0.25, 0.3) is 12.2 Å². The Morgan fingerprint density at radius 3 is 1.53 bits per heavy atom. The number of carbonyl (C=O) groups excluding carboxylic acids is 2. The van der Waals surface area contributed by atoms with Crippen molar-refractivity contribution in [2.75, 3.05) is 41.7 Å². The fourth-order valence-electron chi connectivity index (χ4n) is 5.26. The van der Waals surface area contributed by atoms with Gasteiger partial charge in [0.25, 0.3) is 0 Å². The maximum Gasteiger partial charge on any atom is 0.335 e. The molecule has 0 unspecified atom stereocenters. The molecule has 12 heteroatoms. The molecule has 0 atom stereocenters. The normalized spacial score (nSPS) is 11.1. The highest BCUT2D eigenvalue weighted by molar-refractivity contribution is 5.89. The second-order valence-electron chi connectivity index (χ2n) is 12.0. The van der Waals surface area contributed by atoms with Crippen LogP contribution in [0.1, 0.15) is 84.0 Å². The second-order valence-corrected chi connectivity index (χ2v) is 12.0. The molecule has 0 aliphatic rings. The number of rotatable bonds is 25. The zero-order valence-corrected chi connectivity index (χ0v) is 30.9. The van der Waals surface area contributed by atoms with Gasteiger partial charge in [-0.15, -0.1) is 0 Å². The lowest BCUT2D eigenvalue weighted by Gasteiger charge is -2.11. The Hall–Kier alpha value is -5.33. The molecule has 0 fully saturated rings. The SMILES string of the molecule is COC(=O)/C=C/c1ccc(OOCCCCCCc2ccc(CCCCCCOOc3ccc(/C=C/C(=O)OC)cc3OC)c(C(=O)O)c2)c(OC)c1. The topological polar surface area (TPSA) is 145 Å². The van der Waals surface area contributed by atoms with E-state index in [4.69, 9.17) is 29.0 Å². The fourth-order valence-corrected chi connectivity index (χ4v) is 5.26. The van der Waals surface area contributed by atoms with Gasteiger partial charge in [0.1, 0.15) is 0 Å². The molecule has 12 nitrogen and oxygen atoms in total. The number of methoxy groups -OCH3 is 4. The molecular weight excluding hydrogens is 684 g/mol. The Bertz CT molecular complexity index is 1660. The van der Waals surface area contributed by atoms with Gasteiger partial charge in [0.05, 0.1) is 47.2 Å². The molecule has 3 aromatic rings. The third-order valence-electron chi connectivity index (χ3n) is 8.17. The summed E-state index contributed by atoms with van der Waals surface area (Å²) in [5, 5.41) is 9.86. The molecule has 0 amide bonds. The van der Waals surface area contributed by atoms with Crippen LogP contribution < -0.4 is 19.2 Å². The number of esters is 2. The molecule has 3 aromatic carbocycles. The van der Waals surface area contributed by atoms with Crippen LogP contribution in [-0.2, 0) is 41.7 Å². The summed E-state index contributed by atoms with van der Waals surface area (Å²) in [5.74, 6) is 0.0153. The first-order chi connectivity index (χ1) is 25.8. The van der Waals surface area contributed by atoms with Crippen LogP contribution in [0.2, 0.25) is 0 Å². The molecule has 0 bridgehead atoms. The van der Waals surface area contributed by atoms with Crippen LogP contribution in [0.4, 0.5) is 0 Å². The third kappa shape index (κ3) is 15.4. The lowest BCUT2D eigenvalue weighted by Crippen LogP contribution is -2.04. The highest BCUT2D eigenvalue weighted by Gasteiger charge is 2.12. The number of aromatic carboxylic acids is 1. The summed E-state index contributed by atoms with van der Waals surface area (Å²) in [6, 6.07) is 16.2. The monoisotopic (exact) mass is 734 g/mol.